The van der Waals surface area contributed by atoms with Crippen molar-refractivity contribution < 1.29 is 14.3 Å². The molecule has 0 saturated heterocycles. The predicted octanol–water partition coefficient (Wildman–Crippen LogP) is 2.35. The molecule has 0 fully saturated rings. The van der Waals surface area contributed by atoms with Crippen LogP contribution in [0.15, 0.2) is 24.4 Å². The number of methoxy groups -OCH3 is 1. The first-order chi connectivity index (χ1) is 11.6. The predicted molar refractivity (Wildman–Crippen MR) is 89.1 cm³/mol. The lowest BCUT2D eigenvalue weighted by Crippen LogP contribution is -2.33. The maximum Gasteiger partial charge on any atom is 0.254 e. The van der Waals surface area contributed by atoms with E-state index in [9.17, 15) is 9.59 Å². The first kappa shape index (κ1) is 16.4. The number of rotatable bonds is 5. The van der Waals surface area contributed by atoms with Crippen LogP contribution in [0.4, 0.5) is 0 Å². The van der Waals surface area contributed by atoms with Crippen LogP contribution < -0.4 is 5.32 Å². The number of amides is 1. The van der Waals surface area contributed by atoms with Gasteiger partial charge in [0.15, 0.2) is 5.78 Å². The molecule has 0 spiro atoms. The normalized spacial score (nSPS) is 15.0. The molecule has 0 radical (unpaired) electrons. The van der Waals surface area contributed by atoms with E-state index in [0.29, 0.717) is 24.2 Å². The number of hydrogen-bond acceptors (Lipinski definition) is 4. The Morgan fingerprint density at radius 1 is 1.42 bits per heavy atom. The summed E-state index contributed by atoms with van der Waals surface area (Å²) in [4.78, 5) is 32.6. The number of aryl methyl sites for hydroxylation is 2. The van der Waals surface area contributed by atoms with E-state index in [4.69, 9.17) is 4.74 Å². The first-order valence-corrected chi connectivity index (χ1v) is 8.07. The second kappa shape index (κ2) is 6.97. The second-order valence-corrected chi connectivity index (χ2v) is 5.99. The van der Waals surface area contributed by atoms with Gasteiger partial charge in [-0.05, 0) is 31.9 Å². The zero-order valence-electron chi connectivity index (χ0n) is 13.9. The number of H-pyrrole nitrogens is 1. The fourth-order valence-electron chi connectivity index (χ4n) is 3.20. The van der Waals surface area contributed by atoms with Gasteiger partial charge in [0.1, 0.15) is 0 Å². The topological polar surface area (TPSA) is 84.1 Å². The largest absolute Gasteiger partial charge is 0.382 e. The summed E-state index contributed by atoms with van der Waals surface area (Å²) in [5, 5.41) is 2.95. The first-order valence-electron chi connectivity index (χ1n) is 8.07. The van der Waals surface area contributed by atoms with Gasteiger partial charge in [-0.2, -0.15) is 0 Å². The zero-order valence-corrected chi connectivity index (χ0v) is 13.9. The highest BCUT2D eigenvalue weighted by Gasteiger charge is 2.29. The van der Waals surface area contributed by atoms with Crippen LogP contribution in [0.1, 0.15) is 56.7 Å². The Balaban J connectivity index is 1.89. The third kappa shape index (κ3) is 3.10. The van der Waals surface area contributed by atoms with Crippen LogP contribution in [-0.2, 0) is 11.2 Å². The molecule has 6 nitrogen and oxygen atoms in total. The van der Waals surface area contributed by atoms with Crippen molar-refractivity contribution in [3.8, 4) is 0 Å². The highest BCUT2D eigenvalue weighted by Crippen LogP contribution is 2.27. The number of fused-ring (bicyclic) bond motifs is 1. The van der Waals surface area contributed by atoms with Crippen LogP contribution in [0.3, 0.4) is 0 Å². The fourth-order valence-corrected chi connectivity index (χ4v) is 3.20. The Labute approximate surface area is 140 Å². The van der Waals surface area contributed by atoms with E-state index in [0.717, 1.165) is 29.9 Å². The van der Waals surface area contributed by atoms with E-state index >= 15 is 0 Å². The number of pyridine rings is 1. The van der Waals surface area contributed by atoms with Gasteiger partial charge in [-0.3, -0.25) is 14.6 Å². The minimum absolute atomic E-state index is 0.0341. The van der Waals surface area contributed by atoms with E-state index in [1.54, 1.807) is 13.3 Å². The van der Waals surface area contributed by atoms with Crippen molar-refractivity contribution in [2.45, 2.75) is 32.2 Å². The smallest absolute Gasteiger partial charge is 0.254 e. The number of ether oxygens (including phenoxy) is 1. The van der Waals surface area contributed by atoms with Gasteiger partial charge in [-0.1, -0.05) is 6.07 Å². The summed E-state index contributed by atoms with van der Waals surface area (Å²) in [6, 6.07) is 5.16. The minimum atomic E-state index is -0.368. The summed E-state index contributed by atoms with van der Waals surface area (Å²) < 4.78 is 5.21. The number of aromatic nitrogens is 2. The molecule has 2 aromatic heterocycles. The maximum atomic E-state index is 12.8. The Hall–Kier alpha value is -2.47. The molecule has 6 heteroatoms. The number of Topliss-reactive ketones (excluding diaryl/α,β-unsaturated/α-hetero) is 1. The van der Waals surface area contributed by atoms with Gasteiger partial charge in [-0.25, -0.2) is 0 Å². The monoisotopic (exact) mass is 327 g/mol. The molecule has 0 saturated carbocycles. The van der Waals surface area contributed by atoms with E-state index in [1.807, 2.05) is 25.1 Å². The number of ketones is 1. The van der Waals surface area contributed by atoms with Crippen molar-refractivity contribution in [3.63, 3.8) is 0 Å². The summed E-state index contributed by atoms with van der Waals surface area (Å²) in [5.41, 5.74) is 3.32. The molecule has 0 unspecified atom stereocenters. The molecule has 2 aromatic rings. The summed E-state index contributed by atoms with van der Waals surface area (Å²) in [7, 11) is 1.58. The van der Waals surface area contributed by atoms with Gasteiger partial charge < -0.3 is 15.0 Å². The lowest BCUT2D eigenvalue weighted by Gasteiger charge is -2.18. The van der Waals surface area contributed by atoms with Crippen LogP contribution in [0.2, 0.25) is 0 Å². The third-order valence-electron chi connectivity index (χ3n) is 4.29. The van der Waals surface area contributed by atoms with Crippen molar-refractivity contribution in [2.24, 2.45) is 0 Å². The number of hydrogen-bond donors (Lipinski definition) is 2. The number of carbonyl (C=O) groups excluding carboxylic acids is 2. The summed E-state index contributed by atoms with van der Waals surface area (Å²) in [6.45, 7) is 2.13. The summed E-state index contributed by atoms with van der Waals surface area (Å²) in [6.07, 6.45) is 3.80. The second-order valence-electron chi connectivity index (χ2n) is 5.99. The van der Waals surface area contributed by atoms with E-state index in [1.165, 1.54) is 0 Å². The fraction of sp³-hybridized carbons (Fsp3) is 0.389. The van der Waals surface area contributed by atoms with Crippen molar-refractivity contribution in [1.29, 1.82) is 0 Å². The van der Waals surface area contributed by atoms with Crippen molar-refractivity contribution in [1.82, 2.24) is 15.3 Å². The van der Waals surface area contributed by atoms with Gasteiger partial charge in [0.2, 0.25) is 0 Å². The number of carbonyl (C=O) groups is 2. The van der Waals surface area contributed by atoms with Crippen LogP contribution in [0.5, 0.6) is 0 Å². The molecule has 24 heavy (non-hydrogen) atoms. The molecule has 3 rings (SSSR count). The summed E-state index contributed by atoms with van der Waals surface area (Å²) >= 11 is 0. The quantitative estimate of drug-likeness (QED) is 0.883. The van der Waals surface area contributed by atoms with E-state index in [-0.39, 0.29) is 17.7 Å². The number of nitrogens with zero attached hydrogens (tertiary/aromatic N) is 1. The molecule has 1 atom stereocenters. The number of aromatic amines is 1. The van der Waals surface area contributed by atoms with Gasteiger partial charge in [0, 0.05) is 31.1 Å². The van der Waals surface area contributed by atoms with Gasteiger partial charge in [0.25, 0.3) is 5.91 Å². The average molecular weight is 327 g/mol. The van der Waals surface area contributed by atoms with Crippen LogP contribution in [-0.4, -0.2) is 35.4 Å². The van der Waals surface area contributed by atoms with E-state index < -0.39 is 0 Å². The Kier molecular flexibility index (Phi) is 4.76. The molecule has 1 amide bonds. The highest BCUT2D eigenvalue weighted by molar-refractivity contribution is 6.10. The molecule has 0 aliphatic heterocycles. The van der Waals surface area contributed by atoms with Crippen LogP contribution in [0, 0.1) is 6.92 Å². The van der Waals surface area contributed by atoms with Crippen LogP contribution >= 0.6 is 0 Å². The van der Waals surface area contributed by atoms with Gasteiger partial charge in [0.05, 0.1) is 29.5 Å². The van der Waals surface area contributed by atoms with Crippen molar-refractivity contribution in [3.05, 3.63) is 52.6 Å². The van der Waals surface area contributed by atoms with Crippen molar-refractivity contribution >= 4 is 11.7 Å². The zero-order chi connectivity index (χ0) is 17.1. The average Bonchev–Trinajstić information content (AvgIpc) is 2.92. The highest BCUT2D eigenvalue weighted by atomic mass is 16.5. The molecule has 0 aromatic carbocycles. The molecule has 1 aliphatic carbocycles. The summed E-state index contributed by atoms with van der Waals surface area (Å²) in [5.74, 6) is -0.236. The lowest BCUT2D eigenvalue weighted by molar-refractivity contribution is 0.0881. The van der Waals surface area contributed by atoms with Crippen LogP contribution in [0.25, 0.3) is 0 Å². The third-order valence-corrected chi connectivity index (χ3v) is 4.29. The standard InChI is InChI=1S/C18H21N3O3/c1-11-16(17-13(20-11)7-5-8-15(17)22)18(23)21-14(10-24-2)12-6-3-4-9-19-12/h3-4,6,9,14,20H,5,7-8,10H2,1-2H3,(H,21,23)/t14-/m1/s1. The molecule has 2 heterocycles. The minimum Gasteiger partial charge on any atom is -0.382 e. The SMILES string of the molecule is COC[C@@H](NC(=O)c1c(C)[nH]c2c1C(=O)CCC2)c1ccccn1. The Morgan fingerprint density at radius 2 is 2.25 bits per heavy atom. The Bertz CT molecular complexity index is 752. The number of nitrogens with one attached hydrogen (secondary N) is 2. The lowest BCUT2D eigenvalue weighted by atomic mass is 9.93. The van der Waals surface area contributed by atoms with Gasteiger partial charge >= 0.3 is 0 Å². The van der Waals surface area contributed by atoms with E-state index in [2.05, 4.69) is 15.3 Å². The molecule has 2 N–H and O–H groups in total. The van der Waals surface area contributed by atoms with Crippen molar-refractivity contribution in [2.75, 3.05) is 13.7 Å². The molecule has 1 aliphatic rings. The molecule has 126 valence electrons. The Morgan fingerprint density at radius 3 is 2.96 bits per heavy atom. The van der Waals surface area contributed by atoms with Gasteiger partial charge in [-0.15, -0.1) is 0 Å². The molecular weight excluding hydrogens is 306 g/mol. The molecular formula is C18H21N3O3. The molecule has 0 bridgehead atoms. The maximum absolute atomic E-state index is 12.8.